The Labute approximate surface area is 95.6 Å². The molecule has 0 aliphatic heterocycles. The first-order chi connectivity index (χ1) is 7.78. The van der Waals surface area contributed by atoms with Gasteiger partial charge >= 0.3 is 0 Å². The molecule has 0 radical (unpaired) electrons. The summed E-state index contributed by atoms with van der Waals surface area (Å²) in [5.74, 6) is 1.73. The number of nitrogens with one attached hydrogen (secondary N) is 1. The van der Waals surface area contributed by atoms with Crippen molar-refractivity contribution in [2.24, 2.45) is 0 Å². The fourth-order valence-corrected chi connectivity index (χ4v) is 2.01. The molecule has 1 aliphatic carbocycles. The molecule has 1 saturated carbocycles. The van der Waals surface area contributed by atoms with Gasteiger partial charge in [-0.05, 0) is 31.4 Å². The van der Waals surface area contributed by atoms with Crippen LogP contribution in [0.1, 0.15) is 30.8 Å². The summed E-state index contributed by atoms with van der Waals surface area (Å²) >= 11 is 0. The molecule has 0 atom stereocenters. The molecule has 16 heavy (non-hydrogen) atoms. The normalized spacial score (nSPS) is 18.4. The van der Waals surface area contributed by atoms with Crippen molar-refractivity contribution in [1.29, 1.82) is 0 Å². The minimum absolute atomic E-state index is 0.0613. The third-order valence-electron chi connectivity index (χ3n) is 3.25. The van der Waals surface area contributed by atoms with Crippen LogP contribution in [0.3, 0.4) is 0 Å². The fourth-order valence-electron chi connectivity index (χ4n) is 2.01. The molecule has 4 heteroatoms. The summed E-state index contributed by atoms with van der Waals surface area (Å²) in [6.07, 6.45) is 3.30. The van der Waals surface area contributed by atoms with Crippen molar-refractivity contribution in [2.45, 2.75) is 38.0 Å². The molecule has 2 N–H and O–H groups in total. The van der Waals surface area contributed by atoms with Gasteiger partial charge in [0.15, 0.2) is 0 Å². The predicted octanol–water partition coefficient (Wildman–Crippen LogP) is 1.43. The van der Waals surface area contributed by atoms with Crippen molar-refractivity contribution in [3.05, 3.63) is 23.7 Å². The molecule has 90 valence electrons. The summed E-state index contributed by atoms with van der Waals surface area (Å²) in [5, 5.41) is 12.7. The van der Waals surface area contributed by atoms with Crippen LogP contribution in [-0.4, -0.2) is 24.4 Å². The zero-order chi connectivity index (χ0) is 11.4. The third-order valence-corrected chi connectivity index (χ3v) is 3.25. The highest BCUT2D eigenvalue weighted by atomic mass is 16.5. The van der Waals surface area contributed by atoms with Gasteiger partial charge in [-0.25, -0.2) is 0 Å². The topological polar surface area (TPSA) is 54.6 Å². The zero-order valence-electron chi connectivity index (χ0n) is 9.66. The first-order valence-electron chi connectivity index (χ1n) is 5.70. The molecule has 1 heterocycles. The van der Waals surface area contributed by atoms with E-state index in [1.54, 1.807) is 7.11 Å². The van der Waals surface area contributed by atoms with E-state index in [1.807, 2.05) is 12.1 Å². The minimum atomic E-state index is -0.0613. The maximum absolute atomic E-state index is 9.29. The van der Waals surface area contributed by atoms with Gasteiger partial charge in [-0.2, -0.15) is 0 Å². The van der Waals surface area contributed by atoms with Gasteiger partial charge in [0.05, 0.1) is 13.2 Å². The molecule has 1 aliphatic rings. The molecule has 0 spiro atoms. The van der Waals surface area contributed by atoms with Gasteiger partial charge in [0.1, 0.15) is 18.1 Å². The number of ether oxygens (including phenoxy) is 1. The van der Waals surface area contributed by atoms with Crippen molar-refractivity contribution < 1.29 is 14.3 Å². The van der Waals surface area contributed by atoms with Crippen LogP contribution in [-0.2, 0) is 17.9 Å². The molecular weight excluding hydrogens is 206 g/mol. The van der Waals surface area contributed by atoms with Crippen LogP contribution in [0, 0.1) is 0 Å². The van der Waals surface area contributed by atoms with E-state index >= 15 is 0 Å². The lowest BCUT2D eigenvalue weighted by Crippen LogP contribution is -2.53. The number of aliphatic hydroxyl groups excluding tert-OH is 1. The molecule has 4 nitrogen and oxygen atoms in total. The predicted molar refractivity (Wildman–Crippen MR) is 59.9 cm³/mol. The molecule has 1 aromatic heterocycles. The number of rotatable bonds is 6. The Morgan fingerprint density at radius 2 is 2.19 bits per heavy atom. The summed E-state index contributed by atoms with van der Waals surface area (Å²) in [4.78, 5) is 0. The smallest absolute Gasteiger partial charge is 0.129 e. The van der Waals surface area contributed by atoms with Gasteiger partial charge in [0.25, 0.3) is 0 Å². The highest BCUT2D eigenvalue weighted by Gasteiger charge is 2.35. The molecule has 2 rings (SSSR count). The molecule has 0 aromatic carbocycles. The Balaban J connectivity index is 1.84. The summed E-state index contributed by atoms with van der Waals surface area (Å²) in [6, 6.07) is 3.87. The Morgan fingerprint density at radius 3 is 2.75 bits per heavy atom. The molecule has 0 unspecified atom stereocenters. The van der Waals surface area contributed by atoms with Crippen LogP contribution in [0.15, 0.2) is 16.5 Å². The molecule has 0 amide bonds. The van der Waals surface area contributed by atoms with Gasteiger partial charge in [-0.15, -0.1) is 0 Å². The summed E-state index contributed by atoms with van der Waals surface area (Å²) in [7, 11) is 1.65. The molecule has 1 fully saturated rings. The first-order valence-corrected chi connectivity index (χ1v) is 5.70. The number of hydrogen-bond donors (Lipinski definition) is 2. The zero-order valence-corrected chi connectivity index (χ0v) is 9.66. The van der Waals surface area contributed by atoms with Crippen LogP contribution in [0.25, 0.3) is 0 Å². The minimum Gasteiger partial charge on any atom is -0.462 e. The molecule has 0 saturated heterocycles. The third kappa shape index (κ3) is 2.45. The van der Waals surface area contributed by atoms with E-state index in [0.717, 1.165) is 24.4 Å². The van der Waals surface area contributed by atoms with Crippen LogP contribution >= 0.6 is 0 Å². The van der Waals surface area contributed by atoms with Crippen molar-refractivity contribution in [3.63, 3.8) is 0 Å². The van der Waals surface area contributed by atoms with Gasteiger partial charge < -0.3 is 19.6 Å². The van der Waals surface area contributed by atoms with Crippen molar-refractivity contribution >= 4 is 0 Å². The lowest BCUT2D eigenvalue weighted by molar-refractivity contribution is 0.0847. The van der Waals surface area contributed by atoms with E-state index in [4.69, 9.17) is 9.15 Å². The van der Waals surface area contributed by atoms with Crippen molar-refractivity contribution in [1.82, 2.24) is 5.32 Å². The SMILES string of the molecule is COCc1ccc(CNC2(CO)CCC2)o1. The number of aliphatic hydroxyl groups is 1. The van der Waals surface area contributed by atoms with Crippen LogP contribution < -0.4 is 5.32 Å². The van der Waals surface area contributed by atoms with E-state index in [9.17, 15) is 5.11 Å². The van der Waals surface area contributed by atoms with E-state index in [2.05, 4.69) is 5.32 Å². The second kappa shape index (κ2) is 4.99. The van der Waals surface area contributed by atoms with E-state index < -0.39 is 0 Å². The van der Waals surface area contributed by atoms with Gasteiger partial charge in [-0.1, -0.05) is 0 Å². The monoisotopic (exact) mass is 225 g/mol. The second-order valence-corrected chi connectivity index (χ2v) is 4.45. The molecule has 1 aromatic rings. The second-order valence-electron chi connectivity index (χ2n) is 4.45. The molecular formula is C12H19NO3. The standard InChI is InChI=1S/C12H19NO3/c1-15-8-11-4-3-10(16-11)7-13-12(9-14)5-2-6-12/h3-4,13-14H,2,5-9H2,1H3. The largest absolute Gasteiger partial charge is 0.462 e. The highest BCUT2D eigenvalue weighted by molar-refractivity contribution is 5.07. The van der Waals surface area contributed by atoms with Gasteiger partial charge in [-0.3, -0.25) is 0 Å². The maximum atomic E-state index is 9.29. The van der Waals surface area contributed by atoms with Crippen LogP contribution in [0.4, 0.5) is 0 Å². The number of hydrogen-bond acceptors (Lipinski definition) is 4. The van der Waals surface area contributed by atoms with E-state index in [1.165, 1.54) is 6.42 Å². The van der Waals surface area contributed by atoms with E-state index in [0.29, 0.717) is 13.2 Å². The summed E-state index contributed by atoms with van der Waals surface area (Å²) in [5.41, 5.74) is -0.0613. The van der Waals surface area contributed by atoms with E-state index in [-0.39, 0.29) is 12.1 Å². The maximum Gasteiger partial charge on any atom is 0.129 e. The summed E-state index contributed by atoms with van der Waals surface area (Å²) < 4.78 is 10.5. The van der Waals surface area contributed by atoms with Crippen molar-refractivity contribution in [3.8, 4) is 0 Å². The molecule has 0 bridgehead atoms. The lowest BCUT2D eigenvalue weighted by Gasteiger charge is -2.41. The Morgan fingerprint density at radius 1 is 1.44 bits per heavy atom. The number of methoxy groups -OCH3 is 1. The average molecular weight is 225 g/mol. The summed E-state index contributed by atoms with van der Waals surface area (Å²) in [6.45, 7) is 1.38. The highest BCUT2D eigenvalue weighted by Crippen LogP contribution is 2.31. The lowest BCUT2D eigenvalue weighted by atomic mass is 9.77. The Kier molecular flexibility index (Phi) is 3.63. The Bertz CT molecular complexity index is 325. The Hall–Kier alpha value is -0.840. The van der Waals surface area contributed by atoms with Crippen LogP contribution in [0.2, 0.25) is 0 Å². The van der Waals surface area contributed by atoms with Crippen molar-refractivity contribution in [2.75, 3.05) is 13.7 Å². The van der Waals surface area contributed by atoms with Gasteiger partial charge in [0, 0.05) is 12.6 Å². The number of furan rings is 1. The average Bonchev–Trinajstić information content (AvgIpc) is 2.66. The fraction of sp³-hybridized carbons (Fsp3) is 0.667. The quantitative estimate of drug-likeness (QED) is 0.769. The van der Waals surface area contributed by atoms with Gasteiger partial charge in [0.2, 0.25) is 0 Å². The first kappa shape index (κ1) is 11.6. The van der Waals surface area contributed by atoms with Crippen LogP contribution in [0.5, 0.6) is 0 Å².